The Balaban J connectivity index is 1.65. The van der Waals surface area contributed by atoms with Gasteiger partial charge in [-0.05, 0) is 37.1 Å². The Labute approximate surface area is 135 Å². The van der Waals surface area contributed by atoms with E-state index in [9.17, 15) is 9.90 Å². The molecule has 1 aliphatic heterocycles. The van der Waals surface area contributed by atoms with E-state index in [1.54, 1.807) is 15.8 Å². The van der Waals surface area contributed by atoms with Gasteiger partial charge in [-0.1, -0.05) is 12.1 Å². The van der Waals surface area contributed by atoms with E-state index < -0.39 is 0 Å². The molecule has 1 aromatic heterocycles. The molecular weight excluding hydrogens is 292 g/mol. The van der Waals surface area contributed by atoms with Crippen molar-refractivity contribution in [1.29, 1.82) is 0 Å². The molecule has 6 nitrogen and oxygen atoms in total. The molecule has 0 bridgehead atoms. The minimum absolute atomic E-state index is 0.0713. The summed E-state index contributed by atoms with van der Waals surface area (Å²) in [6.07, 6.45) is 4.50. The number of aliphatic hydroxyl groups is 1. The van der Waals surface area contributed by atoms with Crippen LogP contribution in [0.25, 0.3) is 5.69 Å². The van der Waals surface area contributed by atoms with Crippen LogP contribution in [0.4, 0.5) is 4.79 Å². The van der Waals surface area contributed by atoms with Crippen LogP contribution in [0.15, 0.2) is 42.7 Å². The lowest BCUT2D eigenvalue weighted by Gasteiger charge is -2.21. The molecule has 0 saturated carbocycles. The number of rotatable bonds is 4. The third-order valence-corrected chi connectivity index (χ3v) is 4.31. The highest BCUT2D eigenvalue weighted by molar-refractivity contribution is 5.75. The van der Waals surface area contributed by atoms with Crippen LogP contribution in [0, 0.1) is 5.92 Å². The summed E-state index contributed by atoms with van der Waals surface area (Å²) < 4.78 is 1.80. The Morgan fingerprint density at radius 1 is 1.48 bits per heavy atom. The fourth-order valence-corrected chi connectivity index (χ4v) is 2.88. The highest BCUT2D eigenvalue weighted by atomic mass is 16.3. The smallest absolute Gasteiger partial charge is 0.317 e. The van der Waals surface area contributed by atoms with E-state index in [1.807, 2.05) is 43.5 Å². The van der Waals surface area contributed by atoms with Gasteiger partial charge in [0.2, 0.25) is 0 Å². The van der Waals surface area contributed by atoms with Crippen molar-refractivity contribution in [3.8, 4) is 5.69 Å². The molecule has 2 heterocycles. The minimum Gasteiger partial charge on any atom is -0.396 e. The molecule has 23 heavy (non-hydrogen) atoms. The number of hydrogen-bond donors (Lipinski definition) is 2. The molecule has 1 aliphatic rings. The van der Waals surface area contributed by atoms with E-state index in [0.717, 1.165) is 17.7 Å². The Morgan fingerprint density at radius 2 is 2.35 bits per heavy atom. The predicted octanol–water partition coefficient (Wildman–Crippen LogP) is 1.96. The number of benzene rings is 1. The van der Waals surface area contributed by atoms with Gasteiger partial charge in [0.1, 0.15) is 0 Å². The summed E-state index contributed by atoms with van der Waals surface area (Å²) in [4.78, 5) is 14.1. The summed E-state index contributed by atoms with van der Waals surface area (Å²) >= 11 is 0. The number of likely N-dealkylation sites (tertiary alicyclic amines) is 1. The Hall–Kier alpha value is -2.34. The van der Waals surface area contributed by atoms with E-state index in [4.69, 9.17) is 0 Å². The first-order valence-electron chi connectivity index (χ1n) is 7.93. The fraction of sp³-hybridized carbons (Fsp3) is 0.412. The monoisotopic (exact) mass is 314 g/mol. The molecule has 2 unspecified atom stereocenters. The zero-order valence-electron chi connectivity index (χ0n) is 13.2. The average Bonchev–Trinajstić information content (AvgIpc) is 3.26. The predicted molar refractivity (Wildman–Crippen MR) is 87.3 cm³/mol. The van der Waals surface area contributed by atoms with Crippen molar-refractivity contribution in [1.82, 2.24) is 20.0 Å². The van der Waals surface area contributed by atoms with Crippen LogP contribution in [0.5, 0.6) is 0 Å². The molecular formula is C17H22N4O2. The number of carbonyl (C=O) groups is 1. The molecule has 0 spiro atoms. The second-order valence-electron chi connectivity index (χ2n) is 6.00. The van der Waals surface area contributed by atoms with Crippen molar-refractivity contribution in [2.75, 3.05) is 19.7 Å². The van der Waals surface area contributed by atoms with Crippen molar-refractivity contribution in [3.63, 3.8) is 0 Å². The number of nitrogens with one attached hydrogen (secondary N) is 1. The molecule has 0 aliphatic carbocycles. The first kappa shape index (κ1) is 15.6. The molecule has 122 valence electrons. The molecule has 1 aromatic carbocycles. The number of amides is 2. The topological polar surface area (TPSA) is 70.4 Å². The van der Waals surface area contributed by atoms with Gasteiger partial charge in [-0.3, -0.25) is 0 Å². The van der Waals surface area contributed by atoms with Crippen molar-refractivity contribution in [3.05, 3.63) is 48.3 Å². The van der Waals surface area contributed by atoms with Crippen LogP contribution in [0.2, 0.25) is 0 Å². The molecule has 0 radical (unpaired) electrons. The Bertz CT molecular complexity index is 656. The second kappa shape index (κ2) is 6.83. The van der Waals surface area contributed by atoms with E-state index in [1.165, 1.54) is 0 Å². The minimum atomic E-state index is -0.0915. The van der Waals surface area contributed by atoms with Gasteiger partial charge >= 0.3 is 6.03 Å². The average molecular weight is 314 g/mol. The summed E-state index contributed by atoms with van der Waals surface area (Å²) in [7, 11) is 0. The first-order chi connectivity index (χ1) is 11.2. The van der Waals surface area contributed by atoms with E-state index in [0.29, 0.717) is 13.1 Å². The van der Waals surface area contributed by atoms with Crippen molar-refractivity contribution in [2.45, 2.75) is 19.4 Å². The second-order valence-corrected chi connectivity index (χ2v) is 6.00. The van der Waals surface area contributed by atoms with Crippen molar-refractivity contribution in [2.24, 2.45) is 5.92 Å². The molecule has 6 heteroatoms. The maximum absolute atomic E-state index is 12.3. The van der Waals surface area contributed by atoms with Crippen LogP contribution >= 0.6 is 0 Å². The van der Waals surface area contributed by atoms with Crippen LogP contribution < -0.4 is 5.32 Å². The molecule has 2 N–H and O–H groups in total. The van der Waals surface area contributed by atoms with Crippen LogP contribution in [-0.4, -0.2) is 45.5 Å². The third kappa shape index (κ3) is 3.53. The van der Waals surface area contributed by atoms with E-state index >= 15 is 0 Å². The maximum atomic E-state index is 12.3. The quantitative estimate of drug-likeness (QED) is 0.906. The van der Waals surface area contributed by atoms with Gasteiger partial charge in [0, 0.05) is 38.0 Å². The van der Waals surface area contributed by atoms with Crippen LogP contribution in [0.3, 0.4) is 0 Å². The van der Waals surface area contributed by atoms with Gasteiger partial charge in [0.05, 0.1) is 11.7 Å². The normalized spacial score (nSPS) is 18.9. The fourth-order valence-electron chi connectivity index (χ4n) is 2.88. The standard InChI is InChI=1S/C17H22N4O2/c1-13(19-17(23)20-9-6-14(11-20)12-22)15-4-2-5-16(10-15)21-8-3-7-18-21/h2-5,7-8,10,13-14,22H,6,9,11-12H2,1H3,(H,19,23). The molecule has 2 aromatic rings. The van der Waals surface area contributed by atoms with Gasteiger partial charge in [-0.25, -0.2) is 9.48 Å². The summed E-state index contributed by atoms with van der Waals surface area (Å²) in [5.41, 5.74) is 2.00. The summed E-state index contributed by atoms with van der Waals surface area (Å²) in [5.74, 6) is 0.208. The third-order valence-electron chi connectivity index (χ3n) is 4.31. The van der Waals surface area contributed by atoms with Gasteiger partial charge in [-0.2, -0.15) is 5.10 Å². The highest BCUT2D eigenvalue weighted by Gasteiger charge is 2.26. The lowest BCUT2D eigenvalue weighted by atomic mass is 10.1. The van der Waals surface area contributed by atoms with E-state index in [-0.39, 0.29) is 24.6 Å². The highest BCUT2D eigenvalue weighted by Crippen LogP contribution is 2.19. The maximum Gasteiger partial charge on any atom is 0.317 e. The lowest BCUT2D eigenvalue weighted by Crippen LogP contribution is -2.39. The number of nitrogens with zero attached hydrogens (tertiary/aromatic N) is 3. The zero-order valence-corrected chi connectivity index (χ0v) is 13.2. The molecule has 3 rings (SSSR count). The van der Waals surface area contributed by atoms with Gasteiger partial charge in [-0.15, -0.1) is 0 Å². The number of hydrogen-bond acceptors (Lipinski definition) is 3. The van der Waals surface area contributed by atoms with Gasteiger partial charge < -0.3 is 15.3 Å². The lowest BCUT2D eigenvalue weighted by molar-refractivity contribution is 0.195. The number of urea groups is 1. The van der Waals surface area contributed by atoms with E-state index in [2.05, 4.69) is 10.4 Å². The molecule has 1 saturated heterocycles. The van der Waals surface area contributed by atoms with Crippen LogP contribution in [0.1, 0.15) is 24.9 Å². The van der Waals surface area contributed by atoms with Crippen LogP contribution in [-0.2, 0) is 0 Å². The largest absolute Gasteiger partial charge is 0.396 e. The number of carbonyl (C=O) groups excluding carboxylic acids is 1. The summed E-state index contributed by atoms with van der Waals surface area (Å²) in [6.45, 7) is 3.45. The van der Waals surface area contributed by atoms with Gasteiger partial charge in [0.25, 0.3) is 0 Å². The zero-order chi connectivity index (χ0) is 16.2. The molecule has 1 fully saturated rings. The summed E-state index contributed by atoms with van der Waals surface area (Å²) in [5, 5.41) is 16.4. The number of aromatic nitrogens is 2. The van der Waals surface area contributed by atoms with Gasteiger partial charge in [0.15, 0.2) is 0 Å². The molecule has 2 atom stereocenters. The molecule has 2 amide bonds. The summed E-state index contributed by atoms with van der Waals surface area (Å²) in [6, 6.07) is 9.69. The Morgan fingerprint density at radius 3 is 3.04 bits per heavy atom. The van der Waals surface area contributed by atoms with Crippen molar-refractivity contribution < 1.29 is 9.90 Å². The Kier molecular flexibility index (Phi) is 4.62. The van der Waals surface area contributed by atoms with Crippen molar-refractivity contribution >= 4 is 6.03 Å². The first-order valence-corrected chi connectivity index (χ1v) is 7.93. The number of aliphatic hydroxyl groups excluding tert-OH is 1. The SMILES string of the molecule is CC(NC(=O)N1CCC(CO)C1)c1cccc(-n2cccn2)c1.